The molecule has 0 aliphatic carbocycles. The molecule has 0 unspecified atom stereocenters. The Balaban J connectivity index is 1.42. The van der Waals surface area contributed by atoms with Crippen molar-refractivity contribution >= 4 is 40.4 Å². The second-order valence-electron chi connectivity index (χ2n) is 8.01. The minimum absolute atomic E-state index is 0.0945. The van der Waals surface area contributed by atoms with E-state index in [0.29, 0.717) is 22.2 Å². The van der Waals surface area contributed by atoms with Gasteiger partial charge in [0.1, 0.15) is 11.9 Å². The van der Waals surface area contributed by atoms with Gasteiger partial charge in [-0.25, -0.2) is 0 Å². The van der Waals surface area contributed by atoms with E-state index in [-0.39, 0.29) is 17.5 Å². The number of benzene rings is 3. The normalized spacial score (nSPS) is 17.1. The van der Waals surface area contributed by atoms with Gasteiger partial charge in [-0.15, -0.1) is 0 Å². The summed E-state index contributed by atoms with van der Waals surface area (Å²) in [4.78, 5) is 18.7. The molecule has 1 amide bonds. The molecule has 2 heterocycles. The topological polar surface area (TPSA) is 75.0 Å². The first-order valence-electron chi connectivity index (χ1n) is 11.1. The van der Waals surface area contributed by atoms with E-state index in [0.717, 1.165) is 16.8 Å². The summed E-state index contributed by atoms with van der Waals surface area (Å²) < 4.78 is 11.7. The highest BCUT2D eigenvalue weighted by molar-refractivity contribution is 8.17. The van der Waals surface area contributed by atoms with Crippen LogP contribution in [0.3, 0.4) is 0 Å². The molecule has 0 radical (unpaired) electrons. The van der Waals surface area contributed by atoms with Crippen LogP contribution in [-0.2, 0) is 4.79 Å². The minimum atomic E-state index is -0.437. The summed E-state index contributed by atoms with van der Waals surface area (Å²) in [6.45, 7) is 1.98. The molecule has 0 saturated heterocycles. The van der Waals surface area contributed by atoms with Crippen LogP contribution in [0.1, 0.15) is 29.7 Å². The molecule has 174 valence electrons. The molecule has 35 heavy (non-hydrogen) atoms. The molecule has 2 aliphatic rings. The number of methoxy groups -OCH3 is 1. The van der Waals surface area contributed by atoms with Gasteiger partial charge in [0.2, 0.25) is 0 Å². The summed E-state index contributed by atoms with van der Waals surface area (Å²) >= 11 is 1.35. The highest BCUT2D eigenvalue weighted by atomic mass is 32.2. The zero-order valence-corrected chi connectivity index (χ0v) is 20.1. The van der Waals surface area contributed by atoms with Gasteiger partial charge in [0.05, 0.1) is 18.4 Å². The van der Waals surface area contributed by atoms with Gasteiger partial charge in [0.15, 0.2) is 16.7 Å². The molecule has 6 nitrogen and oxygen atoms in total. The van der Waals surface area contributed by atoms with E-state index in [9.17, 15) is 4.79 Å². The molecule has 0 aromatic heterocycles. The highest BCUT2D eigenvalue weighted by Gasteiger charge is 2.36. The summed E-state index contributed by atoms with van der Waals surface area (Å²) in [7, 11) is 1.58. The van der Waals surface area contributed by atoms with Crippen molar-refractivity contribution in [2.24, 2.45) is 4.99 Å². The number of aliphatic imine (C=N–C) groups is 1. The summed E-state index contributed by atoms with van der Waals surface area (Å²) in [5.41, 5.74) is 3.77. The van der Waals surface area contributed by atoms with Gasteiger partial charge in [-0.3, -0.25) is 15.1 Å². The molecule has 2 aliphatic heterocycles. The smallest absolute Gasteiger partial charge is 0.283 e. The lowest BCUT2D eigenvalue weighted by Crippen LogP contribution is -2.38. The maximum absolute atomic E-state index is 12.8. The third-order valence-corrected chi connectivity index (χ3v) is 6.58. The number of fused-ring (bicyclic) bond motifs is 1. The molecule has 0 fully saturated rings. The molecule has 1 atom stereocenters. The van der Waals surface area contributed by atoms with E-state index in [2.05, 4.69) is 4.99 Å². The molecule has 7 heteroatoms. The number of carbonyl (C=O) groups is 1. The maximum atomic E-state index is 12.8. The molecule has 3 aromatic rings. The van der Waals surface area contributed by atoms with Gasteiger partial charge in [0, 0.05) is 5.41 Å². The van der Waals surface area contributed by atoms with Gasteiger partial charge < -0.3 is 9.47 Å². The zero-order chi connectivity index (χ0) is 24.4. The SMILES string of the molecule is COc1cc(/C=C2/C(=N)N3C(c4ccccc4)=CSC3=NC2=O)ccc1O[C@H](C)c1ccccc1. The summed E-state index contributed by atoms with van der Waals surface area (Å²) in [5, 5.41) is 11.2. The van der Waals surface area contributed by atoms with E-state index in [1.807, 2.05) is 85.1 Å². The Morgan fingerprint density at radius 1 is 1.00 bits per heavy atom. The zero-order valence-electron chi connectivity index (χ0n) is 19.3. The third-order valence-electron chi connectivity index (χ3n) is 5.76. The molecular weight excluding hydrogens is 458 g/mol. The largest absolute Gasteiger partial charge is 0.493 e. The number of nitrogens with one attached hydrogen (secondary N) is 1. The number of amidine groups is 2. The monoisotopic (exact) mass is 481 g/mol. The van der Waals surface area contributed by atoms with Crippen molar-refractivity contribution in [3.8, 4) is 11.5 Å². The van der Waals surface area contributed by atoms with Crippen molar-refractivity contribution in [1.82, 2.24) is 4.90 Å². The van der Waals surface area contributed by atoms with Gasteiger partial charge in [-0.05, 0) is 41.8 Å². The fourth-order valence-corrected chi connectivity index (χ4v) is 4.82. The Hall–Kier alpha value is -4.10. The molecule has 3 aromatic carbocycles. The molecule has 5 rings (SSSR count). The van der Waals surface area contributed by atoms with Crippen molar-refractivity contribution < 1.29 is 14.3 Å². The van der Waals surface area contributed by atoms with E-state index in [4.69, 9.17) is 14.9 Å². The van der Waals surface area contributed by atoms with Crippen LogP contribution in [0.4, 0.5) is 0 Å². The first-order valence-corrected chi connectivity index (χ1v) is 12.0. The van der Waals surface area contributed by atoms with Gasteiger partial charge >= 0.3 is 0 Å². The molecule has 0 spiro atoms. The third kappa shape index (κ3) is 4.50. The van der Waals surface area contributed by atoms with E-state index < -0.39 is 5.91 Å². The van der Waals surface area contributed by atoms with Crippen molar-refractivity contribution in [2.45, 2.75) is 13.0 Å². The van der Waals surface area contributed by atoms with Crippen LogP contribution in [0.5, 0.6) is 11.5 Å². The lowest BCUT2D eigenvalue weighted by molar-refractivity contribution is -0.114. The predicted octanol–water partition coefficient (Wildman–Crippen LogP) is 6.14. The maximum Gasteiger partial charge on any atom is 0.283 e. The summed E-state index contributed by atoms with van der Waals surface area (Å²) in [6, 6.07) is 25.2. The number of amides is 1. The summed E-state index contributed by atoms with van der Waals surface area (Å²) in [6.07, 6.45) is 1.51. The Kier molecular flexibility index (Phi) is 6.25. The highest BCUT2D eigenvalue weighted by Crippen LogP contribution is 2.38. The number of hydrogen-bond acceptors (Lipinski definition) is 5. The van der Waals surface area contributed by atoms with Gasteiger partial charge in [-0.1, -0.05) is 78.5 Å². The van der Waals surface area contributed by atoms with Crippen molar-refractivity contribution in [2.75, 3.05) is 7.11 Å². The lowest BCUT2D eigenvalue weighted by Gasteiger charge is -2.27. The molecule has 1 N–H and O–H groups in total. The van der Waals surface area contributed by atoms with Crippen LogP contribution in [0.15, 0.2) is 94.8 Å². The number of thioether (sulfide) groups is 1. The summed E-state index contributed by atoms with van der Waals surface area (Å²) in [5.74, 6) is 0.801. The van der Waals surface area contributed by atoms with Crippen LogP contribution in [0, 0.1) is 5.41 Å². The standard InChI is InChI=1S/C28H23N3O3S/c1-18(20-9-5-3-6-10-20)34-24-14-13-19(16-25(24)33-2)15-22-26(29)31-23(21-11-7-4-8-12-21)17-35-28(31)30-27(22)32/h3-18,29H,1-2H3/b22-15-,29-26?/t18-/m1/s1. The second-order valence-corrected chi connectivity index (χ2v) is 8.85. The Labute approximate surface area is 208 Å². The number of hydrogen-bond donors (Lipinski definition) is 1. The fraction of sp³-hybridized carbons (Fsp3) is 0.107. The Morgan fingerprint density at radius 2 is 1.71 bits per heavy atom. The van der Waals surface area contributed by atoms with Crippen molar-refractivity contribution in [1.29, 1.82) is 5.41 Å². The van der Waals surface area contributed by atoms with Crippen molar-refractivity contribution in [3.05, 3.63) is 107 Å². The van der Waals surface area contributed by atoms with Gasteiger partial charge in [0.25, 0.3) is 5.91 Å². The molecule has 0 saturated carbocycles. The van der Waals surface area contributed by atoms with Crippen LogP contribution < -0.4 is 9.47 Å². The quantitative estimate of drug-likeness (QED) is 0.428. The minimum Gasteiger partial charge on any atom is -0.493 e. The first-order chi connectivity index (χ1) is 17.0. The van der Waals surface area contributed by atoms with Crippen molar-refractivity contribution in [3.63, 3.8) is 0 Å². The van der Waals surface area contributed by atoms with E-state index in [1.165, 1.54) is 11.8 Å². The second kappa shape index (κ2) is 9.64. The predicted molar refractivity (Wildman–Crippen MR) is 140 cm³/mol. The van der Waals surface area contributed by atoms with Crippen LogP contribution in [-0.4, -0.2) is 28.9 Å². The Morgan fingerprint density at radius 3 is 2.43 bits per heavy atom. The number of nitrogens with zero attached hydrogens (tertiary/aromatic N) is 2. The average Bonchev–Trinajstić information content (AvgIpc) is 3.32. The van der Waals surface area contributed by atoms with Crippen LogP contribution in [0.2, 0.25) is 0 Å². The Bertz CT molecular complexity index is 1380. The van der Waals surface area contributed by atoms with Crippen LogP contribution >= 0.6 is 11.8 Å². The molecule has 0 bridgehead atoms. The fourth-order valence-electron chi connectivity index (χ4n) is 3.93. The van der Waals surface area contributed by atoms with Gasteiger partial charge in [-0.2, -0.15) is 4.99 Å². The lowest BCUT2D eigenvalue weighted by atomic mass is 10.1. The number of carbonyl (C=O) groups excluding carboxylic acids is 1. The van der Waals surface area contributed by atoms with E-state index in [1.54, 1.807) is 24.2 Å². The van der Waals surface area contributed by atoms with E-state index >= 15 is 0 Å². The number of ether oxygens (including phenoxy) is 2. The first kappa shape index (κ1) is 22.7. The molecular formula is C28H23N3O3S. The number of rotatable bonds is 6. The van der Waals surface area contributed by atoms with Crippen LogP contribution in [0.25, 0.3) is 11.8 Å². The average molecular weight is 482 g/mol.